The van der Waals surface area contributed by atoms with Crippen molar-refractivity contribution in [1.82, 2.24) is 15.5 Å². The molecule has 0 radical (unpaired) electrons. The Hall–Kier alpha value is -0.900. The van der Waals surface area contributed by atoms with Crippen molar-refractivity contribution in [3.8, 4) is 0 Å². The molecule has 3 rings (SSSR count). The number of nitrogens with one attached hydrogen (secondary N) is 1. The van der Waals surface area contributed by atoms with E-state index in [4.69, 9.17) is 4.52 Å². The average molecular weight is 221 g/mol. The van der Waals surface area contributed by atoms with Crippen molar-refractivity contribution in [2.24, 2.45) is 11.8 Å². The van der Waals surface area contributed by atoms with Crippen LogP contribution in [0.3, 0.4) is 0 Å². The van der Waals surface area contributed by atoms with E-state index in [0.717, 1.165) is 30.1 Å². The summed E-state index contributed by atoms with van der Waals surface area (Å²) < 4.78 is 5.26. The number of hydrogen-bond donors (Lipinski definition) is 1. The van der Waals surface area contributed by atoms with Gasteiger partial charge in [0.05, 0.1) is 6.54 Å². The van der Waals surface area contributed by atoms with Gasteiger partial charge in [-0.25, -0.2) is 0 Å². The molecule has 4 heteroatoms. The first-order valence-electron chi connectivity index (χ1n) is 6.40. The van der Waals surface area contributed by atoms with Gasteiger partial charge in [0.15, 0.2) is 5.82 Å². The minimum Gasteiger partial charge on any atom is -0.338 e. The van der Waals surface area contributed by atoms with Crippen LogP contribution in [-0.4, -0.2) is 16.7 Å². The Morgan fingerprint density at radius 2 is 2.31 bits per heavy atom. The molecule has 16 heavy (non-hydrogen) atoms. The fraction of sp³-hybridized carbons (Fsp3) is 0.833. The van der Waals surface area contributed by atoms with Crippen molar-refractivity contribution >= 4 is 0 Å². The van der Waals surface area contributed by atoms with Crippen LogP contribution in [0.5, 0.6) is 0 Å². The van der Waals surface area contributed by atoms with Crippen LogP contribution < -0.4 is 5.32 Å². The van der Waals surface area contributed by atoms with Gasteiger partial charge in [0.2, 0.25) is 5.89 Å². The monoisotopic (exact) mass is 221 g/mol. The smallest absolute Gasteiger partial charge is 0.240 e. The maximum atomic E-state index is 5.26. The van der Waals surface area contributed by atoms with Crippen molar-refractivity contribution in [2.45, 2.75) is 45.1 Å². The van der Waals surface area contributed by atoms with Gasteiger partial charge in [-0.15, -0.1) is 0 Å². The molecule has 1 heterocycles. The summed E-state index contributed by atoms with van der Waals surface area (Å²) in [5.74, 6) is 4.04. The second-order valence-corrected chi connectivity index (χ2v) is 5.11. The van der Waals surface area contributed by atoms with Gasteiger partial charge < -0.3 is 9.84 Å². The summed E-state index contributed by atoms with van der Waals surface area (Å²) >= 11 is 0. The second-order valence-electron chi connectivity index (χ2n) is 5.11. The topological polar surface area (TPSA) is 51.0 Å². The van der Waals surface area contributed by atoms with Gasteiger partial charge >= 0.3 is 0 Å². The van der Waals surface area contributed by atoms with E-state index in [1.165, 1.54) is 25.7 Å². The van der Waals surface area contributed by atoms with Crippen LogP contribution in [0.1, 0.15) is 50.2 Å². The first-order chi connectivity index (χ1) is 7.86. The normalized spacial score (nSPS) is 32.4. The van der Waals surface area contributed by atoms with Crippen molar-refractivity contribution in [3.63, 3.8) is 0 Å². The molecule has 0 amide bonds. The number of nitrogens with zero attached hydrogens (tertiary/aromatic N) is 2. The van der Waals surface area contributed by atoms with Crippen LogP contribution in [0.25, 0.3) is 0 Å². The fourth-order valence-corrected chi connectivity index (χ4v) is 3.28. The van der Waals surface area contributed by atoms with Crippen molar-refractivity contribution in [2.75, 3.05) is 6.54 Å². The quantitative estimate of drug-likeness (QED) is 0.845. The Kier molecular flexibility index (Phi) is 2.67. The summed E-state index contributed by atoms with van der Waals surface area (Å²) in [6, 6.07) is 0. The molecule has 2 aliphatic carbocycles. The van der Waals surface area contributed by atoms with E-state index in [-0.39, 0.29) is 0 Å². The molecule has 3 atom stereocenters. The molecule has 1 N–H and O–H groups in total. The lowest BCUT2D eigenvalue weighted by molar-refractivity contribution is 0.346. The predicted molar refractivity (Wildman–Crippen MR) is 59.9 cm³/mol. The highest BCUT2D eigenvalue weighted by Gasteiger charge is 2.42. The van der Waals surface area contributed by atoms with Crippen LogP contribution in [0, 0.1) is 11.8 Å². The molecule has 0 aromatic carbocycles. The molecule has 2 fully saturated rings. The molecule has 1 aromatic heterocycles. The summed E-state index contributed by atoms with van der Waals surface area (Å²) in [5.41, 5.74) is 0. The highest BCUT2D eigenvalue weighted by Crippen LogP contribution is 2.52. The van der Waals surface area contributed by atoms with Crippen LogP contribution in [0.2, 0.25) is 0 Å². The maximum Gasteiger partial charge on any atom is 0.240 e. The van der Waals surface area contributed by atoms with E-state index in [1.54, 1.807) is 0 Å². The minimum atomic E-state index is 0.581. The molecule has 4 nitrogen and oxygen atoms in total. The first kappa shape index (κ1) is 10.3. The highest BCUT2D eigenvalue weighted by atomic mass is 16.5. The SMILES string of the molecule is CCNCc1nc(C2CC3CCC2C3)no1. The minimum absolute atomic E-state index is 0.581. The predicted octanol–water partition coefficient (Wildman–Crippen LogP) is 2.08. The van der Waals surface area contributed by atoms with E-state index in [9.17, 15) is 0 Å². The zero-order valence-electron chi connectivity index (χ0n) is 9.78. The van der Waals surface area contributed by atoms with E-state index in [0.29, 0.717) is 12.5 Å². The largest absolute Gasteiger partial charge is 0.338 e. The number of aromatic nitrogens is 2. The Balaban J connectivity index is 1.68. The highest BCUT2D eigenvalue weighted by molar-refractivity contribution is 5.06. The molecule has 88 valence electrons. The van der Waals surface area contributed by atoms with Gasteiger partial charge in [-0.2, -0.15) is 4.98 Å². The Morgan fingerprint density at radius 3 is 3.00 bits per heavy atom. The zero-order chi connectivity index (χ0) is 11.0. The number of fused-ring (bicyclic) bond motifs is 2. The molecule has 2 bridgehead atoms. The van der Waals surface area contributed by atoms with Crippen LogP contribution in [-0.2, 0) is 6.54 Å². The third kappa shape index (κ3) is 1.75. The number of hydrogen-bond acceptors (Lipinski definition) is 4. The summed E-state index contributed by atoms with van der Waals surface area (Å²) in [6.07, 6.45) is 5.46. The van der Waals surface area contributed by atoms with Crippen molar-refractivity contribution in [3.05, 3.63) is 11.7 Å². The molecular formula is C12H19N3O. The molecular weight excluding hydrogens is 202 g/mol. The second kappa shape index (κ2) is 4.17. The van der Waals surface area contributed by atoms with Crippen LogP contribution in [0.15, 0.2) is 4.52 Å². The first-order valence-corrected chi connectivity index (χ1v) is 6.40. The van der Waals surface area contributed by atoms with E-state index < -0.39 is 0 Å². The molecule has 0 aliphatic heterocycles. The Morgan fingerprint density at radius 1 is 1.38 bits per heavy atom. The fourth-order valence-electron chi connectivity index (χ4n) is 3.28. The van der Waals surface area contributed by atoms with Gasteiger partial charge in [0.25, 0.3) is 0 Å². The van der Waals surface area contributed by atoms with Gasteiger partial charge in [0.1, 0.15) is 0 Å². The van der Waals surface area contributed by atoms with Gasteiger partial charge in [-0.1, -0.05) is 18.5 Å². The third-order valence-corrected chi connectivity index (χ3v) is 4.08. The zero-order valence-corrected chi connectivity index (χ0v) is 9.78. The third-order valence-electron chi connectivity index (χ3n) is 4.08. The summed E-state index contributed by atoms with van der Waals surface area (Å²) in [5, 5.41) is 7.35. The number of rotatable bonds is 4. The lowest BCUT2D eigenvalue weighted by atomic mass is 9.88. The summed E-state index contributed by atoms with van der Waals surface area (Å²) in [7, 11) is 0. The lowest BCUT2D eigenvalue weighted by Crippen LogP contribution is -2.13. The molecule has 2 saturated carbocycles. The van der Waals surface area contributed by atoms with Gasteiger partial charge in [0, 0.05) is 5.92 Å². The lowest BCUT2D eigenvalue weighted by Gasteiger charge is -2.17. The average Bonchev–Trinajstić information content (AvgIpc) is 3.01. The Labute approximate surface area is 95.8 Å². The standard InChI is InChI=1S/C12H19N3O/c1-2-13-7-11-14-12(15-16-11)10-6-8-3-4-9(10)5-8/h8-10,13H,2-7H2,1H3. The van der Waals surface area contributed by atoms with E-state index >= 15 is 0 Å². The summed E-state index contributed by atoms with van der Waals surface area (Å²) in [4.78, 5) is 4.51. The maximum absolute atomic E-state index is 5.26. The van der Waals surface area contributed by atoms with E-state index in [1.807, 2.05) is 0 Å². The van der Waals surface area contributed by atoms with Gasteiger partial charge in [-0.05, 0) is 37.6 Å². The van der Waals surface area contributed by atoms with Gasteiger partial charge in [-0.3, -0.25) is 0 Å². The molecule has 0 saturated heterocycles. The summed E-state index contributed by atoms with van der Waals surface area (Å²) in [6.45, 7) is 3.71. The molecule has 1 aromatic rings. The van der Waals surface area contributed by atoms with Crippen molar-refractivity contribution in [1.29, 1.82) is 0 Å². The molecule has 3 unspecified atom stereocenters. The van der Waals surface area contributed by atoms with E-state index in [2.05, 4.69) is 22.4 Å². The molecule has 2 aliphatic rings. The van der Waals surface area contributed by atoms with Crippen LogP contribution in [0.4, 0.5) is 0 Å². The Bertz CT molecular complexity index is 363. The van der Waals surface area contributed by atoms with Crippen LogP contribution >= 0.6 is 0 Å². The van der Waals surface area contributed by atoms with Crippen molar-refractivity contribution < 1.29 is 4.52 Å². The molecule has 0 spiro atoms.